The Morgan fingerprint density at radius 1 is 1.60 bits per heavy atom. The monoisotopic (exact) mass is 205 g/mol. The van der Waals surface area contributed by atoms with Gasteiger partial charge >= 0.3 is 5.97 Å². The van der Waals surface area contributed by atoms with Gasteiger partial charge in [-0.3, -0.25) is 4.79 Å². The molecule has 1 aromatic carbocycles. The van der Waals surface area contributed by atoms with Crippen molar-refractivity contribution < 1.29 is 14.6 Å². The summed E-state index contributed by atoms with van der Waals surface area (Å²) in [4.78, 5) is 10.4. The molecule has 0 atom stereocenters. The molecule has 0 unspecified atom stereocenters. The highest BCUT2D eigenvalue weighted by Crippen LogP contribution is 2.19. The average Bonchev–Trinajstić information content (AvgIpc) is 2.25. The number of hydrogen-bond donors (Lipinski definition) is 1. The summed E-state index contributed by atoms with van der Waals surface area (Å²) in [5, 5.41) is 17.3. The topological polar surface area (TPSA) is 70.3 Å². The summed E-state index contributed by atoms with van der Waals surface area (Å²) in [7, 11) is 1.48. The second-order valence-corrected chi connectivity index (χ2v) is 3.04. The fraction of sp³-hybridized carbons (Fsp3) is 0.273. The van der Waals surface area contributed by atoms with E-state index in [1.165, 1.54) is 7.11 Å². The Labute approximate surface area is 87.7 Å². The summed E-state index contributed by atoms with van der Waals surface area (Å²) >= 11 is 0. The molecule has 0 saturated carbocycles. The van der Waals surface area contributed by atoms with Crippen molar-refractivity contribution in [3.05, 3.63) is 29.3 Å². The van der Waals surface area contributed by atoms with E-state index in [0.717, 1.165) is 5.56 Å². The molecule has 1 rings (SSSR count). The van der Waals surface area contributed by atoms with E-state index in [-0.39, 0.29) is 6.42 Å². The van der Waals surface area contributed by atoms with Crippen LogP contribution >= 0.6 is 0 Å². The minimum atomic E-state index is -0.835. The number of nitrogens with zero attached hydrogens (tertiary/aromatic N) is 1. The first-order valence-electron chi connectivity index (χ1n) is 4.46. The summed E-state index contributed by atoms with van der Waals surface area (Å²) in [6, 6.07) is 7.07. The number of methoxy groups -OCH3 is 1. The number of aryl methyl sites for hydroxylation is 1. The van der Waals surface area contributed by atoms with Crippen LogP contribution in [-0.4, -0.2) is 18.2 Å². The molecule has 15 heavy (non-hydrogen) atoms. The van der Waals surface area contributed by atoms with E-state index in [1.54, 1.807) is 18.2 Å². The third-order valence-electron chi connectivity index (χ3n) is 2.01. The van der Waals surface area contributed by atoms with Gasteiger partial charge in [0.1, 0.15) is 11.8 Å². The summed E-state index contributed by atoms with van der Waals surface area (Å²) in [6.45, 7) is 0. The highest BCUT2D eigenvalue weighted by Gasteiger charge is 2.05. The van der Waals surface area contributed by atoms with E-state index in [1.807, 2.05) is 6.07 Å². The van der Waals surface area contributed by atoms with Crippen LogP contribution in [-0.2, 0) is 11.2 Å². The number of aliphatic carboxylic acids is 1. The first-order valence-corrected chi connectivity index (χ1v) is 4.46. The predicted molar refractivity (Wildman–Crippen MR) is 53.7 cm³/mol. The Morgan fingerprint density at radius 3 is 2.87 bits per heavy atom. The van der Waals surface area contributed by atoms with Gasteiger partial charge in [-0.1, -0.05) is 6.07 Å². The van der Waals surface area contributed by atoms with Crippen LogP contribution in [0, 0.1) is 11.3 Å². The Morgan fingerprint density at radius 2 is 2.33 bits per heavy atom. The molecule has 78 valence electrons. The lowest BCUT2D eigenvalue weighted by Gasteiger charge is -2.05. The molecular weight excluding hydrogens is 194 g/mol. The number of carbonyl (C=O) groups is 1. The van der Waals surface area contributed by atoms with Crippen LogP contribution in [0.2, 0.25) is 0 Å². The zero-order chi connectivity index (χ0) is 11.3. The Kier molecular flexibility index (Phi) is 3.69. The van der Waals surface area contributed by atoms with Crippen LogP contribution in [0.1, 0.15) is 17.5 Å². The third-order valence-corrected chi connectivity index (χ3v) is 2.01. The number of nitriles is 1. The van der Waals surface area contributed by atoms with Crippen LogP contribution in [0.25, 0.3) is 0 Å². The van der Waals surface area contributed by atoms with Crippen molar-refractivity contribution in [2.45, 2.75) is 12.8 Å². The molecule has 0 saturated heterocycles. The average molecular weight is 205 g/mol. The standard InChI is InChI=1S/C11H11NO3/c1-15-10-6-8(3-5-11(13)14)2-4-9(10)7-12/h2,4,6H,3,5H2,1H3,(H,13,14). The summed E-state index contributed by atoms with van der Waals surface area (Å²) < 4.78 is 5.01. The van der Waals surface area contributed by atoms with Crippen LogP contribution in [0.5, 0.6) is 5.75 Å². The van der Waals surface area contributed by atoms with Gasteiger partial charge in [-0.15, -0.1) is 0 Å². The molecule has 4 nitrogen and oxygen atoms in total. The van der Waals surface area contributed by atoms with E-state index >= 15 is 0 Å². The van der Waals surface area contributed by atoms with Crippen LogP contribution in [0.3, 0.4) is 0 Å². The fourth-order valence-corrected chi connectivity index (χ4v) is 1.23. The maximum atomic E-state index is 10.4. The van der Waals surface area contributed by atoms with E-state index in [0.29, 0.717) is 17.7 Å². The summed E-state index contributed by atoms with van der Waals surface area (Å²) in [6.07, 6.45) is 0.520. The molecule has 1 aromatic rings. The van der Waals surface area contributed by atoms with Crippen LogP contribution in [0.4, 0.5) is 0 Å². The maximum absolute atomic E-state index is 10.4. The van der Waals surface area contributed by atoms with E-state index < -0.39 is 5.97 Å². The van der Waals surface area contributed by atoms with Gasteiger partial charge in [0, 0.05) is 6.42 Å². The summed E-state index contributed by atoms with van der Waals surface area (Å²) in [5.41, 5.74) is 1.31. The molecule has 4 heteroatoms. The van der Waals surface area contributed by atoms with Gasteiger partial charge in [-0.25, -0.2) is 0 Å². The minimum Gasteiger partial charge on any atom is -0.495 e. The van der Waals surface area contributed by atoms with Gasteiger partial charge in [0.2, 0.25) is 0 Å². The lowest BCUT2D eigenvalue weighted by atomic mass is 10.1. The molecule has 0 heterocycles. The Balaban J connectivity index is 2.84. The smallest absolute Gasteiger partial charge is 0.303 e. The van der Waals surface area contributed by atoms with Crippen molar-refractivity contribution in [2.24, 2.45) is 0 Å². The van der Waals surface area contributed by atoms with E-state index in [9.17, 15) is 4.79 Å². The van der Waals surface area contributed by atoms with Crippen molar-refractivity contribution in [3.8, 4) is 11.8 Å². The van der Waals surface area contributed by atoms with E-state index in [2.05, 4.69) is 0 Å². The molecule has 1 N–H and O–H groups in total. The van der Waals surface area contributed by atoms with Crippen molar-refractivity contribution in [3.63, 3.8) is 0 Å². The number of hydrogen-bond acceptors (Lipinski definition) is 3. The largest absolute Gasteiger partial charge is 0.495 e. The van der Waals surface area contributed by atoms with Crippen molar-refractivity contribution in [2.75, 3.05) is 7.11 Å². The predicted octanol–water partition coefficient (Wildman–Crippen LogP) is 1.58. The first-order chi connectivity index (χ1) is 7.17. The molecule has 0 aromatic heterocycles. The molecule has 0 amide bonds. The summed E-state index contributed by atoms with van der Waals surface area (Å²) in [5.74, 6) is -0.348. The highest BCUT2D eigenvalue weighted by molar-refractivity contribution is 5.67. The number of rotatable bonds is 4. The Hall–Kier alpha value is -2.02. The second-order valence-electron chi connectivity index (χ2n) is 3.04. The normalized spacial score (nSPS) is 9.33. The van der Waals surface area contributed by atoms with Gasteiger partial charge in [0.25, 0.3) is 0 Å². The number of carboxylic acid groups (broad SMARTS) is 1. The van der Waals surface area contributed by atoms with Crippen LogP contribution < -0.4 is 4.74 Å². The van der Waals surface area contributed by atoms with Gasteiger partial charge in [-0.05, 0) is 24.1 Å². The molecule has 0 spiro atoms. The molecule has 0 radical (unpaired) electrons. The van der Waals surface area contributed by atoms with Crippen LogP contribution in [0.15, 0.2) is 18.2 Å². The van der Waals surface area contributed by atoms with Crippen molar-refractivity contribution in [1.29, 1.82) is 5.26 Å². The molecule has 0 bridgehead atoms. The van der Waals surface area contributed by atoms with E-state index in [4.69, 9.17) is 15.1 Å². The molecule has 0 aliphatic rings. The van der Waals surface area contributed by atoms with Gasteiger partial charge < -0.3 is 9.84 Å². The zero-order valence-electron chi connectivity index (χ0n) is 8.36. The van der Waals surface area contributed by atoms with Gasteiger partial charge in [0.05, 0.1) is 12.7 Å². The lowest BCUT2D eigenvalue weighted by Crippen LogP contribution is -1.98. The minimum absolute atomic E-state index is 0.0784. The maximum Gasteiger partial charge on any atom is 0.303 e. The van der Waals surface area contributed by atoms with Crippen molar-refractivity contribution in [1.82, 2.24) is 0 Å². The highest BCUT2D eigenvalue weighted by atomic mass is 16.5. The first kappa shape index (κ1) is 11.1. The molecule has 0 fully saturated rings. The third kappa shape index (κ3) is 2.99. The number of benzene rings is 1. The fourth-order valence-electron chi connectivity index (χ4n) is 1.23. The Bertz CT molecular complexity index is 407. The number of ether oxygens (including phenoxy) is 1. The quantitative estimate of drug-likeness (QED) is 0.810. The molecular formula is C11H11NO3. The molecule has 0 aliphatic heterocycles. The second kappa shape index (κ2) is 5.01. The van der Waals surface area contributed by atoms with Gasteiger partial charge in [-0.2, -0.15) is 5.26 Å². The lowest BCUT2D eigenvalue weighted by molar-refractivity contribution is -0.136. The van der Waals surface area contributed by atoms with Gasteiger partial charge in [0.15, 0.2) is 0 Å². The van der Waals surface area contributed by atoms with Crippen molar-refractivity contribution >= 4 is 5.97 Å². The molecule has 0 aliphatic carbocycles. The zero-order valence-corrected chi connectivity index (χ0v) is 8.36. The SMILES string of the molecule is COc1cc(CCC(=O)O)ccc1C#N. The number of carboxylic acids is 1.